The Labute approximate surface area is 67.5 Å². The third kappa shape index (κ3) is 1.77. The maximum atomic E-state index is 5.73. The summed E-state index contributed by atoms with van der Waals surface area (Å²) in [4.78, 5) is 4.22. The van der Waals surface area contributed by atoms with Crippen LogP contribution in [0.5, 0.6) is 0 Å². The highest BCUT2D eigenvalue weighted by Crippen LogP contribution is 2.12. The topological polar surface area (TPSA) is 38.9 Å². The average Bonchev–Trinajstić information content (AvgIpc) is 2.04. The Kier molecular flexibility index (Phi) is 2.60. The van der Waals surface area contributed by atoms with Crippen molar-refractivity contribution < 1.29 is 0 Å². The number of nitrogens with zero attached hydrogens (tertiary/aromatic N) is 1. The fraction of sp³-hybridized carbons (Fsp3) is 0.444. The number of aryl methyl sites for hydroxylation is 1. The Balaban J connectivity index is 3.02. The van der Waals surface area contributed by atoms with E-state index in [2.05, 4.69) is 18.0 Å². The number of rotatable bonds is 2. The largest absolute Gasteiger partial charge is 0.323 e. The number of nitrogens with two attached hydrogens (primary N) is 1. The molecule has 1 rings (SSSR count). The molecule has 0 fully saturated rings. The van der Waals surface area contributed by atoms with E-state index >= 15 is 0 Å². The number of hydrogen-bond acceptors (Lipinski definition) is 2. The minimum Gasteiger partial charge on any atom is -0.323 e. The summed E-state index contributed by atoms with van der Waals surface area (Å²) in [7, 11) is 0. The van der Waals surface area contributed by atoms with Crippen LogP contribution in [0.4, 0.5) is 0 Å². The zero-order chi connectivity index (χ0) is 8.27. The van der Waals surface area contributed by atoms with E-state index in [1.165, 1.54) is 5.56 Å². The highest BCUT2D eigenvalue weighted by Gasteiger charge is 2.04. The van der Waals surface area contributed by atoms with Crippen molar-refractivity contribution >= 4 is 0 Å². The maximum absolute atomic E-state index is 5.73. The summed E-state index contributed by atoms with van der Waals surface area (Å²) in [5.41, 5.74) is 8.00. The molecular weight excluding hydrogens is 136 g/mol. The van der Waals surface area contributed by atoms with E-state index in [9.17, 15) is 0 Å². The molecule has 0 aliphatic carbocycles. The smallest absolute Gasteiger partial charge is 0.0599 e. The van der Waals surface area contributed by atoms with Gasteiger partial charge in [-0.05, 0) is 25.0 Å². The molecule has 11 heavy (non-hydrogen) atoms. The Hall–Kier alpha value is -0.890. The normalized spacial score (nSPS) is 13.0. The number of hydrogen-bond donors (Lipinski definition) is 1. The molecule has 1 aromatic heterocycles. The molecule has 2 nitrogen and oxygen atoms in total. The van der Waals surface area contributed by atoms with Gasteiger partial charge in [0.1, 0.15) is 0 Å². The molecule has 0 radical (unpaired) electrons. The summed E-state index contributed by atoms with van der Waals surface area (Å²) >= 11 is 0. The molecule has 0 saturated carbocycles. The van der Waals surface area contributed by atoms with Crippen molar-refractivity contribution in [3.05, 3.63) is 29.6 Å². The summed E-state index contributed by atoms with van der Waals surface area (Å²) in [5.74, 6) is 0. The van der Waals surface area contributed by atoms with E-state index in [0.29, 0.717) is 0 Å². The van der Waals surface area contributed by atoms with Crippen LogP contribution < -0.4 is 5.73 Å². The van der Waals surface area contributed by atoms with Gasteiger partial charge in [-0.2, -0.15) is 0 Å². The van der Waals surface area contributed by atoms with Crippen LogP contribution in [0.2, 0.25) is 0 Å². The van der Waals surface area contributed by atoms with Gasteiger partial charge in [0.2, 0.25) is 0 Å². The van der Waals surface area contributed by atoms with Crippen LogP contribution in [-0.4, -0.2) is 4.98 Å². The van der Waals surface area contributed by atoms with Crippen LogP contribution in [0.3, 0.4) is 0 Å². The summed E-state index contributed by atoms with van der Waals surface area (Å²) in [6.45, 7) is 4.07. The summed E-state index contributed by atoms with van der Waals surface area (Å²) in [6.07, 6.45) is 2.79. The highest BCUT2D eigenvalue weighted by atomic mass is 14.8. The molecule has 0 amide bonds. The summed E-state index contributed by atoms with van der Waals surface area (Å²) in [5, 5.41) is 0. The Morgan fingerprint density at radius 1 is 1.64 bits per heavy atom. The fourth-order valence-electron chi connectivity index (χ4n) is 1.16. The van der Waals surface area contributed by atoms with Gasteiger partial charge in [0, 0.05) is 12.2 Å². The van der Waals surface area contributed by atoms with Crippen molar-refractivity contribution in [3.63, 3.8) is 0 Å². The van der Waals surface area contributed by atoms with Gasteiger partial charge in [0.25, 0.3) is 0 Å². The lowest BCUT2D eigenvalue weighted by Crippen LogP contribution is -2.09. The lowest BCUT2D eigenvalue weighted by Gasteiger charge is -2.08. The third-order valence-electron chi connectivity index (χ3n) is 1.74. The molecule has 1 aromatic rings. The molecule has 1 atom stereocenters. The molecule has 0 bridgehead atoms. The van der Waals surface area contributed by atoms with E-state index < -0.39 is 0 Å². The van der Waals surface area contributed by atoms with E-state index in [1.54, 1.807) is 6.20 Å². The van der Waals surface area contributed by atoms with Crippen molar-refractivity contribution in [1.82, 2.24) is 4.98 Å². The summed E-state index contributed by atoms with van der Waals surface area (Å²) in [6, 6.07) is 4.07. The van der Waals surface area contributed by atoms with Crippen LogP contribution in [0.1, 0.15) is 31.1 Å². The van der Waals surface area contributed by atoms with Crippen LogP contribution in [0.25, 0.3) is 0 Å². The minimum absolute atomic E-state index is 0.0474. The Bertz CT molecular complexity index is 231. The number of pyridine rings is 1. The van der Waals surface area contributed by atoms with Crippen molar-refractivity contribution in [2.75, 3.05) is 0 Å². The van der Waals surface area contributed by atoms with Gasteiger partial charge in [-0.25, -0.2) is 0 Å². The molecule has 0 spiro atoms. The Morgan fingerprint density at radius 2 is 2.36 bits per heavy atom. The molecule has 0 saturated heterocycles. The molecule has 0 aromatic carbocycles. The molecule has 1 heterocycles. The molecule has 1 unspecified atom stereocenters. The quantitative estimate of drug-likeness (QED) is 0.696. The van der Waals surface area contributed by atoms with E-state index in [1.807, 2.05) is 13.0 Å². The van der Waals surface area contributed by atoms with Gasteiger partial charge >= 0.3 is 0 Å². The van der Waals surface area contributed by atoms with Crippen LogP contribution >= 0.6 is 0 Å². The van der Waals surface area contributed by atoms with Gasteiger partial charge in [-0.3, -0.25) is 4.98 Å². The lowest BCUT2D eigenvalue weighted by atomic mass is 10.1. The first-order valence-electron chi connectivity index (χ1n) is 3.95. The van der Waals surface area contributed by atoms with Crippen LogP contribution in [0, 0.1) is 0 Å². The first-order chi connectivity index (χ1) is 5.25. The average molecular weight is 150 g/mol. The zero-order valence-corrected chi connectivity index (χ0v) is 7.04. The Morgan fingerprint density at radius 3 is 2.82 bits per heavy atom. The van der Waals surface area contributed by atoms with E-state index in [-0.39, 0.29) is 6.04 Å². The van der Waals surface area contributed by atoms with Gasteiger partial charge in [-0.15, -0.1) is 0 Å². The zero-order valence-electron chi connectivity index (χ0n) is 7.04. The second-order valence-corrected chi connectivity index (χ2v) is 2.69. The molecule has 60 valence electrons. The van der Waals surface area contributed by atoms with Crippen molar-refractivity contribution in [1.29, 1.82) is 0 Å². The molecule has 0 aliphatic heterocycles. The van der Waals surface area contributed by atoms with Crippen LogP contribution in [0.15, 0.2) is 18.3 Å². The molecular formula is C9H14N2. The first kappa shape index (κ1) is 8.21. The van der Waals surface area contributed by atoms with Gasteiger partial charge in [-0.1, -0.05) is 13.0 Å². The van der Waals surface area contributed by atoms with Crippen molar-refractivity contribution in [2.45, 2.75) is 26.3 Å². The second kappa shape index (κ2) is 3.49. The lowest BCUT2D eigenvalue weighted by molar-refractivity contribution is 0.763. The van der Waals surface area contributed by atoms with Crippen LogP contribution in [-0.2, 0) is 6.42 Å². The van der Waals surface area contributed by atoms with E-state index in [4.69, 9.17) is 5.73 Å². The van der Waals surface area contributed by atoms with Crippen molar-refractivity contribution in [2.24, 2.45) is 5.73 Å². The molecule has 2 N–H and O–H groups in total. The summed E-state index contributed by atoms with van der Waals surface area (Å²) < 4.78 is 0. The first-order valence-corrected chi connectivity index (χ1v) is 3.95. The second-order valence-electron chi connectivity index (χ2n) is 2.69. The number of aromatic nitrogens is 1. The van der Waals surface area contributed by atoms with Gasteiger partial charge in [0.05, 0.1) is 5.69 Å². The van der Waals surface area contributed by atoms with Gasteiger partial charge in [0.15, 0.2) is 0 Å². The molecule has 0 aliphatic rings. The van der Waals surface area contributed by atoms with Crippen molar-refractivity contribution in [3.8, 4) is 0 Å². The standard InChI is InChI=1S/C9H14N2/c1-3-8-5-4-6-11-9(8)7(2)10/h4-7H,3,10H2,1-2H3. The predicted octanol–water partition coefficient (Wildman–Crippen LogP) is 1.66. The highest BCUT2D eigenvalue weighted by molar-refractivity contribution is 5.21. The predicted molar refractivity (Wildman–Crippen MR) is 46.2 cm³/mol. The minimum atomic E-state index is 0.0474. The third-order valence-corrected chi connectivity index (χ3v) is 1.74. The molecule has 2 heteroatoms. The monoisotopic (exact) mass is 150 g/mol. The SMILES string of the molecule is CCc1cccnc1C(C)N. The van der Waals surface area contributed by atoms with E-state index in [0.717, 1.165) is 12.1 Å². The fourth-order valence-corrected chi connectivity index (χ4v) is 1.16. The maximum Gasteiger partial charge on any atom is 0.0599 e. The van der Waals surface area contributed by atoms with Gasteiger partial charge < -0.3 is 5.73 Å².